The number of benzene rings is 2. The largest absolute Gasteiger partial charge is 0.508 e. The molecule has 0 heterocycles. The minimum Gasteiger partial charge on any atom is -0.508 e. The van der Waals surface area contributed by atoms with Gasteiger partial charge in [-0.15, -0.1) is 0 Å². The highest BCUT2D eigenvalue weighted by atomic mass is 16.3. The molecule has 0 unspecified atom stereocenters. The Morgan fingerprint density at radius 2 is 1.67 bits per heavy atom. The van der Waals surface area contributed by atoms with E-state index in [2.05, 4.69) is 0 Å². The minimum absolute atomic E-state index is 0.00925. The predicted molar refractivity (Wildman–Crippen MR) is 67.1 cm³/mol. The Hall–Kier alpha value is -2.29. The van der Waals surface area contributed by atoms with Crippen LogP contribution < -0.4 is 0 Å². The van der Waals surface area contributed by atoms with Gasteiger partial charge in [0.2, 0.25) is 0 Å². The van der Waals surface area contributed by atoms with Crippen molar-refractivity contribution in [2.24, 2.45) is 0 Å². The molecule has 2 aromatic carbocycles. The smallest absolute Gasteiger partial charge is 0.197 e. The molecule has 0 spiro atoms. The van der Waals surface area contributed by atoms with Crippen LogP contribution in [-0.2, 0) is 12.8 Å². The standard InChI is InChI=1S/C15H12O3/c16-11-7-10-6-5-9-3-1-2-4-12(9)15(18)14(10)13(17)8-11/h1-4,7-8,16-17H,5-6H2. The van der Waals surface area contributed by atoms with Gasteiger partial charge in [0.1, 0.15) is 11.5 Å². The molecule has 18 heavy (non-hydrogen) atoms. The first-order valence-corrected chi connectivity index (χ1v) is 5.84. The zero-order valence-electron chi connectivity index (χ0n) is 9.68. The third-order valence-corrected chi connectivity index (χ3v) is 3.34. The molecule has 0 atom stereocenters. The molecule has 0 amide bonds. The van der Waals surface area contributed by atoms with Gasteiger partial charge in [0, 0.05) is 11.6 Å². The maximum atomic E-state index is 12.4. The number of hydrogen-bond donors (Lipinski definition) is 2. The molecule has 1 aliphatic carbocycles. The van der Waals surface area contributed by atoms with Crippen LogP contribution in [0.3, 0.4) is 0 Å². The van der Waals surface area contributed by atoms with Gasteiger partial charge in [-0.1, -0.05) is 24.3 Å². The quantitative estimate of drug-likeness (QED) is 0.743. The van der Waals surface area contributed by atoms with Gasteiger partial charge in [0.25, 0.3) is 0 Å². The lowest BCUT2D eigenvalue weighted by Crippen LogP contribution is -2.04. The number of phenolic OH excluding ortho intramolecular Hbond substituents is 2. The van der Waals surface area contributed by atoms with E-state index in [1.165, 1.54) is 6.07 Å². The zero-order chi connectivity index (χ0) is 12.7. The van der Waals surface area contributed by atoms with E-state index in [1.807, 2.05) is 18.2 Å². The van der Waals surface area contributed by atoms with Crippen LogP contribution in [0.1, 0.15) is 27.0 Å². The van der Waals surface area contributed by atoms with Crippen LogP contribution in [0.4, 0.5) is 0 Å². The van der Waals surface area contributed by atoms with E-state index in [-0.39, 0.29) is 17.3 Å². The fraction of sp³-hybridized carbons (Fsp3) is 0.133. The van der Waals surface area contributed by atoms with Crippen molar-refractivity contribution in [2.75, 3.05) is 0 Å². The molecule has 0 aliphatic heterocycles. The average Bonchev–Trinajstić information content (AvgIpc) is 2.48. The SMILES string of the molecule is O=C1c2ccccc2CCc2cc(O)cc(O)c21. The normalized spacial score (nSPS) is 13.7. The number of fused-ring (bicyclic) bond motifs is 2. The van der Waals surface area contributed by atoms with E-state index >= 15 is 0 Å². The van der Waals surface area contributed by atoms with Crippen molar-refractivity contribution in [3.63, 3.8) is 0 Å². The molecule has 0 aromatic heterocycles. The van der Waals surface area contributed by atoms with Crippen LogP contribution in [0.25, 0.3) is 0 Å². The summed E-state index contributed by atoms with van der Waals surface area (Å²) in [6.45, 7) is 0. The molecular formula is C15H12O3. The van der Waals surface area contributed by atoms with E-state index in [9.17, 15) is 15.0 Å². The molecule has 2 aromatic rings. The first kappa shape index (κ1) is 10.8. The van der Waals surface area contributed by atoms with Gasteiger partial charge in [-0.3, -0.25) is 4.79 Å². The topological polar surface area (TPSA) is 57.5 Å². The summed E-state index contributed by atoms with van der Waals surface area (Å²) in [6.07, 6.45) is 1.37. The summed E-state index contributed by atoms with van der Waals surface area (Å²) < 4.78 is 0. The second-order valence-corrected chi connectivity index (χ2v) is 4.49. The highest BCUT2D eigenvalue weighted by Gasteiger charge is 2.24. The van der Waals surface area contributed by atoms with E-state index in [1.54, 1.807) is 12.1 Å². The third-order valence-electron chi connectivity index (χ3n) is 3.34. The maximum Gasteiger partial charge on any atom is 0.197 e. The van der Waals surface area contributed by atoms with E-state index < -0.39 is 0 Å². The minimum atomic E-state index is -0.171. The Bertz CT molecular complexity index is 644. The van der Waals surface area contributed by atoms with Gasteiger partial charge >= 0.3 is 0 Å². The molecule has 2 N–H and O–H groups in total. The van der Waals surface area contributed by atoms with Gasteiger partial charge in [0.05, 0.1) is 5.56 Å². The summed E-state index contributed by atoms with van der Waals surface area (Å²) in [5.74, 6) is -0.327. The van der Waals surface area contributed by atoms with Crippen molar-refractivity contribution in [2.45, 2.75) is 12.8 Å². The summed E-state index contributed by atoms with van der Waals surface area (Å²) >= 11 is 0. The van der Waals surface area contributed by atoms with E-state index in [0.717, 1.165) is 12.0 Å². The van der Waals surface area contributed by atoms with Crippen molar-refractivity contribution in [3.05, 3.63) is 58.7 Å². The van der Waals surface area contributed by atoms with Crippen molar-refractivity contribution in [1.29, 1.82) is 0 Å². The van der Waals surface area contributed by atoms with Crippen LogP contribution in [0.15, 0.2) is 36.4 Å². The number of aryl methyl sites for hydroxylation is 2. The number of ketones is 1. The number of rotatable bonds is 0. The van der Waals surface area contributed by atoms with Gasteiger partial charge in [-0.25, -0.2) is 0 Å². The molecule has 3 nitrogen and oxygen atoms in total. The summed E-state index contributed by atoms with van der Waals surface area (Å²) in [5.41, 5.74) is 2.64. The van der Waals surface area contributed by atoms with Gasteiger partial charge in [0.15, 0.2) is 5.78 Å². The van der Waals surface area contributed by atoms with Crippen molar-refractivity contribution in [1.82, 2.24) is 0 Å². The Kier molecular flexibility index (Phi) is 2.33. The lowest BCUT2D eigenvalue weighted by Gasteiger charge is -2.08. The van der Waals surface area contributed by atoms with Crippen LogP contribution in [0.5, 0.6) is 11.5 Å². The monoisotopic (exact) mass is 240 g/mol. The molecule has 1 aliphatic rings. The van der Waals surface area contributed by atoms with Crippen molar-refractivity contribution < 1.29 is 15.0 Å². The van der Waals surface area contributed by atoms with E-state index in [0.29, 0.717) is 23.1 Å². The van der Waals surface area contributed by atoms with Crippen molar-refractivity contribution >= 4 is 5.78 Å². The number of carbonyl (C=O) groups is 1. The van der Waals surface area contributed by atoms with Crippen LogP contribution >= 0.6 is 0 Å². The van der Waals surface area contributed by atoms with Gasteiger partial charge in [-0.2, -0.15) is 0 Å². The molecule has 3 heteroatoms. The Morgan fingerprint density at radius 1 is 0.944 bits per heavy atom. The Morgan fingerprint density at radius 3 is 2.50 bits per heavy atom. The summed E-state index contributed by atoms with van der Waals surface area (Å²) in [4.78, 5) is 12.4. The fourth-order valence-electron chi connectivity index (χ4n) is 2.49. The van der Waals surface area contributed by atoms with Gasteiger partial charge < -0.3 is 10.2 Å². The molecule has 0 fully saturated rings. The summed E-state index contributed by atoms with van der Waals surface area (Å²) in [5, 5.41) is 19.4. The lowest BCUT2D eigenvalue weighted by molar-refractivity contribution is 0.103. The number of hydrogen-bond acceptors (Lipinski definition) is 3. The summed E-state index contributed by atoms with van der Waals surface area (Å²) in [6, 6.07) is 10.2. The molecule has 3 rings (SSSR count). The molecular weight excluding hydrogens is 228 g/mol. The predicted octanol–water partition coefficient (Wildman–Crippen LogP) is 2.43. The van der Waals surface area contributed by atoms with E-state index in [4.69, 9.17) is 0 Å². The molecule has 0 saturated carbocycles. The molecule has 0 radical (unpaired) electrons. The first-order chi connectivity index (χ1) is 8.66. The maximum absolute atomic E-state index is 12.4. The Balaban J connectivity index is 2.25. The Labute approximate surface area is 104 Å². The van der Waals surface area contributed by atoms with Crippen molar-refractivity contribution in [3.8, 4) is 11.5 Å². The number of aromatic hydroxyl groups is 2. The van der Waals surface area contributed by atoms with Gasteiger partial charge in [-0.05, 0) is 30.0 Å². The molecule has 0 bridgehead atoms. The van der Waals surface area contributed by atoms with Crippen LogP contribution in [0, 0.1) is 0 Å². The highest BCUT2D eigenvalue weighted by molar-refractivity contribution is 6.13. The number of carbonyl (C=O) groups excluding carboxylic acids is 1. The van der Waals surface area contributed by atoms with Crippen LogP contribution in [0.2, 0.25) is 0 Å². The second kappa shape index (κ2) is 3.88. The molecule has 90 valence electrons. The average molecular weight is 240 g/mol. The van der Waals surface area contributed by atoms with Crippen LogP contribution in [-0.4, -0.2) is 16.0 Å². The molecule has 0 saturated heterocycles. The highest BCUT2D eigenvalue weighted by Crippen LogP contribution is 2.33. The fourth-order valence-corrected chi connectivity index (χ4v) is 2.49. The summed E-state index contributed by atoms with van der Waals surface area (Å²) in [7, 11) is 0. The third kappa shape index (κ3) is 1.56. The number of phenols is 2. The lowest BCUT2D eigenvalue weighted by atomic mass is 9.98. The first-order valence-electron chi connectivity index (χ1n) is 5.84. The zero-order valence-corrected chi connectivity index (χ0v) is 9.68. The second-order valence-electron chi connectivity index (χ2n) is 4.49.